The monoisotopic (exact) mass is 485 g/mol. The molecular formula is C23H17ClFN3O4S. The summed E-state index contributed by atoms with van der Waals surface area (Å²) in [5, 5.41) is 2.85. The topological polar surface area (TPSA) is 85.3 Å². The lowest BCUT2D eigenvalue weighted by molar-refractivity contribution is 0.102. The zero-order chi connectivity index (χ0) is 23.7. The molecule has 4 aromatic rings. The van der Waals surface area contributed by atoms with Crippen molar-refractivity contribution in [1.29, 1.82) is 0 Å². The molecule has 0 saturated carbocycles. The van der Waals surface area contributed by atoms with E-state index < -0.39 is 17.3 Å². The van der Waals surface area contributed by atoms with Crippen molar-refractivity contribution in [2.24, 2.45) is 0 Å². The van der Waals surface area contributed by atoms with E-state index in [0.717, 1.165) is 6.07 Å². The number of aromatic amines is 1. The Labute approximate surface area is 197 Å². The number of nitrogens with one attached hydrogen (secondary N) is 2. The van der Waals surface area contributed by atoms with Gasteiger partial charge in [0, 0.05) is 17.3 Å². The first-order valence-electron chi connectivity index (χ1n) is 9.60. The number of methoxy groups -OCH3 is 2. The number of fused-ring (bicyclic) bond motifs is 1. The van der Waals surface area contributed by atoms with Gasteiger partial charge >= 0.3 is 0 Å². The van der Waals surface area contributed by atoms with Crippen molar-refractivity contribution in [3.05, 3.63) is 86.1 Å². The minimum absolute atomic E-state index is 0.107. The molecule has 168 valence electrons. The zero-order valence-electron chi connectivity index (χ0n) is 17.4. The number of rotatable bonds is 5. The van der Waals surface area contributed by atoms with Crippen molar-refractivity contribution in [1.82, 2.24) is 9.55 Å². The van der Waals surface area contributed by atoms with Crippen molar-refractivity contribution in [3.63, 3.8) is 0 Å². The van der Waals surface area contributed by atoms with Crippen molar-refractivity contribution >= 4 is 46.3 Å². The van der Waals surface area contributed by atoms with Crippen LogP contribution in [0.25, 0.3) is 16.6 Å². The van der Waals surface area contributed by atoms with Crippen LogP contribution in [0.15, 0.2) is 59.4 Å². The van der Waals surface area contributed by atoms with Crippen LogP contribution in [0.4, 0.5) is 10.1 Å². The molecule has 0 radical (unpaired) electrons. The molecule has 0 unspecified atom stereocenters. The molecule has 2 N–H and O–H groups in total. The molecule has 0 spiro atoms. The second-order valence-corrected chi connectivity index (χ2v) is 7.75. The molecule has 4 rings (SSSR count). The molecule has 0 aliphatic carbocycles. The van der Waals surface area contributed by atoms with Gasteiger partial charge in [-0.2, -0.15) is 0 Å². The maximum absolute atomic E-state index is 13.3. The number of nitrogens with zero attached hydrogens (tertiary/aromatic N) is 1. The van der Waals surface area contributed by atoms with Crippen LogP contribution in [0.3, 0.4) is 0 Å². The first-order valence-corrected chi connectivity index (χ1v) is 10.4. The number of carbonyl (C=O) groups is 1. The number of hydrogen-bond acceptors (Lipinski definition) is 5. The average molecular weight is 486 g/mol. The molecule has 33 heavy (non-hydrogen) atoms. The molecular weight excluding hydrogens is 469 g/mol. The number of ether oxygens (including phenoxy) is 2. The Kier molecular flexibility index (Phi) is 6.17. The fourth-order valence-corrected chi connectivity index (χ4v) is 3.80. The number of hydrogen-bond donors (Lipinski definition) is 2. The van der Waals surface area contributed by atoms with Crippen molar-refractivity contribution in [2.45, 2.75) is 0 Å². The van der Waals surface area contributed by atoms with E-state index in [-0.39, 0.29) is 15.4 Å². The van der Waals surface area contributed by atoms with Gasteiger partial charge in [0.2, 0.25) is 0 Å². The van der Waals surface area contributed by atoms with Crippen LogP contribution in [0.1, 0.15) is 10.4 Å². The van der Waals surface area contributed by atoms with Crippen LogP contribution >= 0.6 is 23.8 Å². The van der Waals surface area contributed by atoms with Gasteiger partial charge in [0.25, 0.3) is 11.5 Å². The summed E-state index contributed by atoms with van der Waals surface area (Å²) in [7, 11) is 3.01. The Morgan fingerprint density at radius 3 is 2.58 bits per heavy atom. The highest BCUT2D eigenvalue weighted by molar-refractivity contribution is 7.71. The van der Waals surface area contributed by atoms with Crippen LogP contribution in [0, 0.1) is 10.6 Å². The fraction of sp³-hybridized carbons (Fsp3) is 0.0870. The third-order valence-electron chi connectivity index (χ3n) is 4.96. The van der Waals surface area contributed by atoms with Crippen LogP contribution in [0.5, 0.6) is 11.5 Å². The van der Waals surface area contributed by atoms with Crippen LogP contribution < -0.4 is 20.3 Å². The molecule has 0 aliphatic rings. The number of aromatic nitrogens is 2. The fourth-order valence-electron chi connectivity index (χ4n) is 3.33. The highest BCUT2D eigenvalue weighted by atomic mass is 35.5. The predicted molar refractivity (Wildman–Crippen MR) is 127 cm³/mol. The Balaban J connectivity index is 1.77. The number of amides is 1. The van der Waals surface area contributed by atoms with Gasteiger partial charge in [0.1, 0.15) is 17.3 Å². The molecule has 0 saturated heterocycles. The van der Waals surface area contributed by atoms with Gasteiger partial charge in [-0.3, -0.25) is 9.59 Å². The summed E-state index contributed by atoms with van der Waals surface area (Å²) in [6.07, 6.45) is 0. The van der Waals surface area contributed by atoms with Crippen molar-refractivity contribution < 1.29 is 18.7 Å². The number of carbonyl (C=O) groups excluding carboxylic acids is 1. The van der Waals surface area contributed by atoms with E-state index >= 15 is 0 Å². The molecule has 10 heteroatoms. The largest absolute Gasteiger partial charge is 0.497 e. The van der Waals surface area contributed by atoms with E-state index in [9.17, 15) is 14.0 Å². The molecule has 1 aromatic heterocycles. The SMILES string of the molecule is COc1ccc(OC)c(-n2c(=S)[nH]c3cc(C(=O)Nc4ccc(F)c(Cl)c4)ccc3c2=O)c1. The van der Waals surface area contributed by atoms with E-state index in [1.54, 1.807) is 18.2 Å². The van der Waals surface area contributed by atoms with E-state index in [2.05, 4.69) is 10.3 Å². The minimum atomic E-state index is -0.586. The van der Waals surface area contributed by atoms with Crippen LogP contribution in [0.2, 0.25) is 5.02 Å². The maximum Gasteiger partial charge on any atom is 0.266 e. The summed E-state index contributed by atoms with van der Waals surface area (Å²) >= 11 is 11.2. The van der Waals surface area contributed by atoms with Gasteiger partial charge in [-0.1, -0.05) is 11.6 Å². The van der Waals surface area contributed by atoms with Crippen molar-refractivity contribution in [2.75, 3.05) is 19.5 Å². The highest BCUT2D eigenvalue weighted by Gasteiger charge is 2.15. The third kappa shape index (κ3) is 4.33. The van der Waals surface area contributed by atoms with Gasteiger partial charge in [-0.05, 0) is 60.7 Å². The Morgan fingerprint density at radius 2 is 1.88 bits per heavy atom. The minimum Gasteiger partial charge on any atom is -0.497 e. The quantitative estimate of drug-likeness (QED) is 0.384. The zero-order valence-corrected chi connectivity index (χ0v) is 19.0. The van der Waals surface area contributed by atoms with Gasteiger partial charge in [0.05, 0.1) is 35.8 Å². The molecule has 0 atom stereocenters. The second kappa shape index (κ2) is 9.05. The van der Waals surface area contributed by atoms with E-state index in [4.69, 9.17) is 33.3 Å². The standard InChI is InChI=1S/C23H17ClFN3O4S/c1-31-14-5-8-20(32-2)19(11-14)28-22(30)15-6-3-12(9-18(15)27-23(28)33)21(29)26-13-4-7-17(25)16(24)10-13/h3-11H,1-2H3,(H,26,29)(H,27,33). The predicted octanol–water partition coefficient (Wildman–Crippen LogP) is 5.11. The molecule has 0 aliphatic heterocycles. The molecule has 1 amide bonds. The molecule has 0 fully saturated rings. The van der Waals surface area contributed by atoms with Gasteiger partial charge in [-0.25, -0.2) is 8.96 Å². The Bertz CT molecular complexity index is 1520. The maximum atomic E-state index is 13.3. The van der Waals surface area contributed by atoms with Crippen LogP contribution in [-0.2, 0) is 0 Å². The van der Waals surface area contributed by atoms with Crippen LogP contribution in [-0.4, -0.2) is 29.7 Å². The van der Waals surface area contributed by atoms with Gasteiger partial charge < -0.3 is 19.8 Å². The average Bonchev–Trinajstić information content (AvgIpc) is 2.81. The lowest BCUT2D eigenvalue weighted by Crippen LogP contribution is -2.21. The smallest absolute Gasteiger partial charge is 0.266 e. The Morgan fingerprint density at radius 1 is 1.09 bits per heavy atom. The summed E-state index contributed by atoms with van der Waals surface area (Å²) in [6.45, 7) is 0. The summed E-state index contributed by atoms with van der Waals surface area (Å²) in [5.74, 6) is -0.0831. The lowest BCUT2D eigenvalue weighted by atomic mass is 10.1. The summed E-state index contributed by atoms with van der Waals surface area (Å²) < 4.78 is 25.4. The molecule has 0 bridgehead atoms. The molecule has 7 nitrogen and oxygen atoms in total. The van der Waals surface area contributed by atoms with Gasteiger partial charge in [0.15, 0.2) is 4.77 Å². The number of H-pyrrole nitrogens is 1. The van der Waals surface area contributed by atoms with E-state index in [1.807, 2.05) is 0 Å². The number of benzene rings is 3. The molecule has 1 heterocycles. The number of halogens is 2. The summed E-state index contributed by atoms with van der Waals surface area (Å²) in [5.41, 5.74) is 1.01. The number of anilines is 1. The highest BCUT2D eigenvalue weighted by Crippen LogP contribution is 2.27. The lowest BCUT2D eigenvalue weighted by Gasteiger charge is -2.14. The summed E-state index contributed by atoms with van der Waals surface area (Å²) in [4.78, 5) is 28.9. The van der Waals surface area contributed by atoms with E-state index in [0.29, 0.717) is 33.8 Å². The Hall–Kier alpha value is -3.69. The third-order valence-corrected chi connectivity index (χ3v) is 5.54. The normalized spacial score (nSPS) is 10.8. The first-order chi connectivity index (χ1) is 15.8. The van der Waals surface area contributed by atoms with Crippen molar-refractivity contribution in [3.8, 4) is 17.2 Å². The van der Waals surface area contributed by atoms with E-state index in [1.165, 1.54) is 49.1 Å². The summed E-state index contributed by atoms with van der Waals surface area (Å²) in [6, 6.07) is 13.4. The first kappa shape index (κ1) is 22.5. The van der Waals surface area contributed by atoms with Gasteiger partial charge in [-0.15, -0.1) is 0 Å². The molecule has 3 aromatic carbocycles. The second-order valence-electron chi connectivity index (χ2n) is 6.95.